The third-order valence-corrected chi connectivity index (χ3v) is 2.72. The van der Waals surface area contributed by atoms with Crippen molar-refractivity contribution in [3.8, 4) is 0 Å². The molecule has 0 aliphatic carbocycles. The molecule has 1 rings (SSSR count). The number of hydrazine groups is 1. The molecular weight excluding hydrogens is 188 g/mol. The van der Waals surface area contributed by atoms with Crippen LogP contribution >= 0.6 is 0 Å². The van der Waals surface area contributed by atoms with E-state index in [0.717, 1.165) is 30.4 Å². The topological polar surface area (TPSA) is 46.1 Å². The number of nitrogens with two attached hydrogens (primary N) is 1. The summed E-state index contributed by atoms with van der Waals surface area (Å²) in [6.45, 7) is 6.20. The van der Waals surface area contributed by atoms with Crippen molar-refractivity contribution < 1.29 is 4.87 Å². The van der Waals surface area contributed by atoms with Crippen LogP contribution in [0.15, 0.2) is 12.1 Å². The molecule has 0 aromatic heterocycles. The van der Waals surface area contributed by atoms with E-state index in [2.05, 4.69) is 19.1 Å². The van der Waals surface area contributed by atoms with Crippen molar-refractivity contribution in [3.05, 3.63) is 33.7 Å². The monoisotopic (exact) mass is 207 g/mol. The standard InChI is InChI=1S/C12H19N2O/c1-4-9-7-10(5-2)12(14(13)15)11(6-3)8-9/h7-8H,4-6H2,1-3H3,(H2,13,15)/q+1. The molecule has 2 N–H and O–H groups in total. The number of nitroso groups, excluding NO2 is 1. The summed E-state index contributed by atoms with van der Waals surface area (Å²) >= 11 is 0. The molecule has 82 valence electrons. The molecule has 0 aliphatic rings. The van der Waals surface area contributed by atoms with Gasteiger partial charge in [0.05, 0.1) is 4.91 Å². The number of nitrogens with zero attached hydrogens (tertiary/aromatic N) is 1. The number of benzene rings is 1. The molecule has 0 amide bonds. The zero-order valence-corrected chi connectivity index (χ0v) is 9.71. The average molecular weight is 207 g/mol. The van der Waals surface area contributed by atoms with Gasteiger partial charge in [-0.25, -0.2) is 0 Å². The third kappa shape index (κ3) is 2.35. The molecule has 0 heterocycles. The van der Waals surface area contributed by atoms with Gasteiger partial charge in [0.1, 0.15) is 0 Å². The van der Waals surface area contributed by atoms with Gasteiger partial charge in [0.25, 0.3) is 5.69 Å². The molecule has 3 nitrogen and oxygen atoms in total. The predicted octanol–water partition coefficient (Wildman–Crippen LogP) is 2.66. The van der Waals surface area contributed by atoms with Gasteiger partial charge < -0.3 is 0 Å². The molecule has 0 atom stereocenters. The van der Waals surface area contributed by atoms with Crippen LogP contribution in [-0.2, 0) is 19.3 Å². The van der Waals surface area contributed by atoms with Crippen molar-refractivity contribution in [2.45, 2.75) is 40.0 Å². The van der Waals surface area contributed by atoms with E-state index in [1.165, 1.54) is 5.56 Å². The van der Waals surface area contributed by atoms with Gasteiger partial charge in [0.15, 0.2) is 4.87 Å². The summed E-state index contributed by atoms with van der Waals surface area (Å²) in [4.78, 5) is 11.8. The third-order valence-electron chi connectivity index (χ3n) is 2.72. The summed E-state index contributed by atoms with van der Waals surface area (Å²) in [7, 11) is 0. The molecule has 1 aromatic carbocycles. The summed E-state index contributed by atoms with van der Waals surface area (Å²) in [6.07, 6.45) is 2.67. The second kappa shape index (κ2) is 4.91. The van der Waals surface area contributed by atoms with Crippen molar-refractivity contribution in [1.82, 2.24) is 0 Å². The fourth-order valence-corrected chi connectivity index (χ4v) is 1.86. The van der Waals surface area contributed by atoms with Crippen LogP contribution in [0.3, 0.4) is 0 Å². The van der Waals surface area contributed by atoms with Crippen molar-refractivity contribution >= 4 is 5.69 Å². The van der Waals surface area contributed by atoms with Crippen LogP contribution in [0.4, 0.5) is 5.69 Å². The minimum absolute atomic E-state index is 0.497. The maximum absolute atomic E-state index is 11.3. The smallest absolute Gasteiger partial charge is 0.159 e. The first-order valence-electron chi connectivity index (χ1n) is 5.50. The zero-order chi connectivity index (χ0) is 11.4. The van der Waals surface area contributed by atoms with E-state index < -0.39 is 0 Å². The van der Waals surface area contributed by atoms with Gasteiger partial charge >= 0.3 is 0 Å². The van der Waals surface area contributed by atoms with Gasteiger partial charge in [0, 0.05) is 11.1 Å². The lowest BCUT2D eigenvalue weighted by Gasteiger charge is -2.06. The minimum atomic E-state index is 0.497. The summed E-state index contributed by atoms with van der Waals surface area (Å²) in [6, 6.07) is 4.15. The number of hydrogen-bond donors (Lipinski definition) is 1. The Morgan fingerprint density at radius 3 is 1.80 bits per heavy atom. The highest BCUT2D eigenvalue weighted by Crippen LogP contribution is 2.26. The zero-order valence-electron chi connectivity index (χ0n) is 9.71. The van der Waals surface area contributed by atoms with Crippen LogP contribution in [0.1, 0.15) is 37.5 Å². The molecule has 0 saturated heterocycles. The van der Waals surface area contributed by atoms with E-state index in [1.54, 1.807) is 0 Å². The van der Waals surface area contributed by atoms with Gasteiger partial charge in [-0.15, -0.1) is 0 Å². The van der Waals surface area contributed by atoms with E-state index in [0.29, 0.717) is 10.6 Å². The summed E-state index contributed by atoms with van der Waals surface area (Å²) in [5.74, 6) is 5.34. The second-order valence-electron chi connectivity index (χ2n) is 3.65. The lowest BCUT2D eigenvalue weighted by Crippen LogP contribution is -2.13. The molecule has 15 heavy (non-hydrogen) atoms. The van der Waals surface area contributed by atoms with Crippen molar-refractivity contribution in [3.63, 3.8) is 0 Å². The highest BCUT2D eigenvalue weighted by Gasteiger charge is 2.20. The molecule has 3 heteroatoms. The molecule has 0 bridgehead atoms. The molecule has 1 aromatic rings. The molecule has 0 unspecified atom stereocenters. The summed E-state index contributed by atoms with van der Waals surface area (Å²) in [5, 5.41) is 0. The van der Waals surface area contributed by atoms with Crippen LogP contribution in [-0.4, -0.2) is 4.87 Å². The fourth-order valence-electron chi connectivity index (χ4n) is 1.86. The average Bonchev–Trinajstić information content (AvgIpc) is 2.26. The quantitative estimate of drug-likeness (QED) is 0.468. The van der Waals surface area contributed by atoms with Crippen LogP contribution in [0, 0.1) is 4.91 Å². The first-order chi connectivity index (χ1) is 7.13. The maximum Gasteiger partial charge on any atom is 0.297 e. The first kappa shape index (κ1) is 11.7. The molecule has 0 spiro atoms. The Bertz CT molecular complexity index is 347. The van der Waals surface area contributed by atoms with E-state index in [9.17, 15) is 4.91 Å². The van der Waals surface area contributed by atoms with Crippen molar-refractivity contribution in [2.24, 2.45) is 5.84 Å². The van der Waals surface area contributed by atoms with Crippen LogP contribution in [0.5, 0.6) is 0 Å². The Morgan fingerprint density at radius 1 is 1.07 bits per heavy atom. The van der Waals surface area contributed by atoms with E-state index in [1.807, 2.05) is 13.8 Å². The fraction of sp³-hybridized carbons (Fsp3) is 0.500. The van der Waals surface area contributed by atoms with E-state index in [4.69, 9.17) is 5.84 Å². The number of hydrogen-bond acceptors (Lipinski definition) is 1. The molecule has 0 aliphatic heterocycles. The van der Waals surface area contributed by atoms with Gasteiger partial charge in [-0.2, -0.15) is 5.84 Å². The minimum Gasteiger partial charge on any atom is -0.159 e. The Hall–Kier alpha value is -1.38. The Labute approximate surface area is 90.8 Å². The lowest BCUT2D eigenvalue weighted by molar-refractivity contribution is -0.475. The maximum atomic E-state index is 11.3. The van der Waals surface area contributed by atoms with Gasteiger partial charge in [-0.3, -0.25) is 0 Å². The Kier molecular flexibility index (Phi) is 3.83. The highest BCUT2D eigenvalue weighted by atomic mass is 16.3. The summed E-state index contributed by atoms with van der Waals surface area (Å²) in [5.41, 5.74) is 4.01. The Balaban J connectivity index is 3.39. The summed E-state index contributed by atoms with van der Waals surface area (Å²) < 4.78 is 0. The number of aryl methyl sites for hydroxylation is 3. The molecule has 0 fully saturated rings. The predicted molar refractivity (Wildman–Crippen MR) is 62.1 cm³/mol. The van der Waals surface area contributed by atoms with Crippen molar-refractivity contribution in [1.29, 1.82) is 0 Å². The van der Waals surface area contributed by atoms with Gasteiger partial charge in [-0.05, 0) is 37.0 Å². The van der Waals surface area contributed by atoms with E-state index in [-0.39, 0.29) is 0 Å². The molecular formula is C12H19N2O+. The highest BCUT2D eigenvalue weighted by molar-refractivity contribution is 5.50. The molecule has 0 radical (unpaired) electrons. The SMILES string of the molecule is CCc1cc(CC)c([N+](N)=O)c(CC)c1. The van der Waals surface area contributed by atoms with Gasteiger partial charge in [-0.1, -0.05) is 20.8 Å². The van der Waals surface area contributed by atoms with E-state index >= 15 is 0 Å². The van der Waals surface area contributed by atoms with Crippen molar-refractivity contribution in [2.75, 3.05) is 0 Å². The number of rotatable bonds is 4. The largest absolute Gasteiger partial charge is 0.297 e. The lowest BCUT2D eigenvalue weighted by atomic mass is 9.98. The van der Waals surface area contributed by atoms with Gasteiger partial charge in [0.2, 0.25) is 0 Å². The molecule has 0 saturated carbocycles. The van der Waals surface area contributed by atoms with Crippen LogP contribution in [0.25, 0.3) is 0 Å². The first-order valence-corrected chi connectivity index (χ1v) is 5.50. The van der Waals surface area contributed by atoms with Crippen LogP contribution < -0.4 is 5.84 Å². The normalized spacial score (nSPS) is 10.3. The van der Waals surface area contributed by atoms with Crippen LogP contribution in [0.2, 0.25) is 0 Å². The second-order valence-corrected chi connectivity index (χ2v) is 3.65. The Morgan fingerprint density at radius 2 is 1.53 bits per heavy atom.